The third kappa shape index (κ3) is 48.0. The molecule has 17 unspecified atom stereocenters. The third-order valence-corrected chi connectivity index (χ3v) is 23.0. The van der Waals surface area contributed by atoms with Crippen LogP contribution >= 0.6 is 0 Å². The maximum absolute atomic E-state index is 13.5. The summed E-state index contributed by atoms with van der Waals surface area (Å²) in [6, 6.07) is -0.989. The van der Waals surface area contributed by atoms with Gasteiger partial charge in [-0.05, 0) is 32.1 Å². The van der Waals surface area contributed by atoms with Gasteiger partial charge in [0.15, 0.2) is 18.9 Å². The van der Waals surface area contributed by atoms with Crippen LogP contribution < -0.4 is 5.32 Å². The van der Waals surface area contributed by atoms with Gasteiger partial charge in [-0.1, -0.05) is 391 Å². The standard InChI is InChI=1S/C89H169NO18/c1-3-5-7-9-11-13-15-17-19-21-23-25-27-29-31-33-34-35-36-37-39-41-43-45-47-49-51-53-55-57-59-61-63-65-67-77(95)90-72(73(94)66-64-62-60-58-56-54-52-50-48-46-44-42-40-38-32-30-28-26-24-22-20-18-16-14-12-10-8-6-4-2)71-103-87-83(101)80(98)85(75(69-92)105-87)108-89-84(102)81(99)86(76(70-93)106-89)107-88-82(100)79(97)78(96)74(68-91)104-88/h56,58,64,66,72-76,78-89,91-94,96-102H,3-55,57,59-63,65,67-71H2,1-2H3,(H,90,95)/b58-56+,66-64+. The number of aliphatic hydroxyl groups is 11. The van der Waals surface area contributed by atoms with Gasteiger partial charge in [-0.2, -0.15) is 0 Å². The maximum atomic E-state index is 13.5. The molecule has 0 spiro atoms. The lowest BCUT2D eigenvalue weighted by atomic mass is 9.96. The largest absolute Gasteiger partial charge is 0.394 e. The van der Waals surface area contributed by atoms with E-state index >= 15 is 0 Å². The fourth-order valence-corrected chi connectivity index (χ4v) is 15.7. The second kappa shape index (κ2) is 69.6. The summed E-state index contributed by atoms with van der Waals surface area (Å²) in [4.78, 5) is 13.5. The van der Waals surface area contributed by atoms with Crippen molar-refractivity contribution < 1.29 is 89.4 Å². The number of carbonyl (C=O) groups excluding carboxylic acids is 1. The Morgan fingerprint density at radius 1 is 0.324 bits per heavy atom. The minimum absolute atomic E-state index is 0.241. The molecule has 0 aromatic heterocycles. The molecule has 3 heterocycles. The highest BCUT2D eigenvalue weighted by molar-refractivity contribution is 5.76. The van der Waals surface area contributed by atoms with Crippen molar-refractivity contribution in [3.05, 3.63) is 24.3 Å². The molecule has 0 aliphatic carbocycles. The molecular formula is C89H169NO18. The van der Waals surface area contributed by atoms with E-state index in [1.807, 2.05) is 6.08 Å². The number of nitrogens with one attached hydrogen (secondary N) is 1. The molecule has 0 radical (unpaired) electrons. The molecular weight excluding hydrogens is 1370 g/mol. The summed E-state index contributed by atoms with van der Waals surface area (Å²) in [5, 5.41) is 121. The van der Waals surface area contributed by atoms with Crippen LogP contribution in [-0.4, -0.2) is 193 Å². The molecule has 0 saturated carbocycles. The lowest BCUT2D eigenvalue weighted by molar-refractivity contribution is -0.379. The molecule has 17 atom stereocenters. The number of amides is 1. The van der Waals surface area contributed by atoms with Gasteiger partial charge in [0.2, 0.25) is 5.91 Å². The quantitative estimate of drug-likeness (QED) is 0.0199. The molecule has 3 rings (SSSR count). The van der Waals surface area contributed by atoms with Gasteiger partial charge >= 0.3 is 0 Å². The van der Waals surface area contributed by atoms with Crippen molar-refractivity contribution in [2.45, 2.75) is 510 Å². The average molecular weight is 1540 g/mol. The van der Waals surface area contributed by atoms with Crippen molar-refractivity contribution >= 4 is 5.91 Å². The fourth-order valence-electron chi connectivity index (χ4n) is 15.7. The average Bonchev–Trinajstić information content (AvgIpc) is 0.780. The normalized spacial score (nSPS) is 25.4. The van der Waals surface area contributed by atoms with Crippen LogP contribution in [0.2, 0.25) is 0 Å². The zero-order chi connectivity index (χ0) is 78.1. The topological polar surface area (TPSA) is 307 Å². The van der Waals surface area contributed by atoms with Gasteiger partial charge in [0.25, 0.3) is 0 Å². The predicted octanol–water partition coefficient (Wildman–Crippen LogP) is 17.2. The van der Waals surface area contributed by atoms with Crippen molar-refractivity contribution in [2.75, 3.05) is 26.4 Å². The lowest BCUT2D eigenvalue weighted by Gasteiger charge is -2.48. The number of unbranched alkanes of at least 4 members (excludes halogenated alkanes) is 57. The van der Waals surface area contributed by atoms with E-state index in [2.05, 4.69) is 31.3 Å². The number of carbonyl (C=O) groups is 1. The molecule has 19 nitrogen and oxygen atoms in total. The summed E-state index contributed by atoms with van der Waals surface area (Å²) in [5.74, 6) is -0.275. The number of ether oxygens (including phenoxy) is 6. The van der Waals surface area contributed by atoms with Gasteiger partial charge in [-0.3, -0.25) is 4.79 Å². The molecule has 638 valence electrons. The molecule has 0 bridgehead atoms. The highest BCUT2D eigenvalue weighted by atomic mass is 16.8. The minimum atomic E-state index is -1.98. The Labute approximate surface area is 658 Å². The summed E-state index contributed by atoms with van der Waals surface area (Å²) < 4.78 is 34.5. The van der Waals surface area contributed by atoms with E-state index in [1.165, 1.54) is 334 Å². The maximum Gasteiger partial charge on any atom is 0.220 e. The zero-order valence-electron chi connectivity index (χ0n) is 68.9. The van der Waals surface area contributed by atoms with E-state index in [9.17, 15) is 61.0 Å². The Morgan fingerprint density at radius 2 is 0.593 bits per heavy atom. The van der Waals surface area contributed by atoms with Gasteiger partial charge in [0.05, 0.1) is 38.6 Å². The molecule has 108 heavy (non-hydrogen) atoms. The Hall–Kier alpha value is -1.73. The van der Waals surface area contributed by atoms with Crippen LogP contribution in [0.5, 0.6) is 0 Å². The van der Waals surface area contributed by atoms with Crippen molar-refractivity contribution in [3.63, 3.8) is 0 Å². The van der Waals surface area contributed by atoms with E-state index in [1.54, 1.807) is 6.08 Å². The molecule has 3 saturated heterocycles. The van der Waals surface area contributed by atoms with Gasteiger partial charge in [-0.15, -0.1) is 0 Å². The fraction of sp³-hybridized carbons (Fsp3) is 0.944. The van der Waals surface area contributed by atoms with Gasteiger partial charge in [0.1, 0.15) is 73.2 Å². The van der Waals surface area contributed by atoms with Crippen LogP contribution in [0.3, 0.4) is 0 Å². The first-order valence-corrected chi connectivity index (χ1v) is 45.6. The summed E-state index contributed by atoms with van der Waals surface area (Å²) in [5.41, 5.74) is 0. The molecule has 0 aromatic carbocycles. The van der Waals surface area contributed by atoms with Crippen LogP contribution in [0, 0.1) is 0 Å². The number of hydrogen-bond donors (Lipinski definition) is 12. The molecule has 0 aromatic rings. The van der Waals surface area contributed by atoms with Crippen LogP contribution in [0.25, 0.3) is 0 Å². The van der Waals surface area contributed by atoms with E-state index in [0.717, 1.165) is 38.5 Å². The number of aliphatic hydroxyl groups excluding tert-OH is 11. The van der Waals surface area contributed by atoms with E-state index in [4.69, 9.17) is 28.4 Å². The number of rotatable bonds is 75. The Bertz CT molecular complexity index is 2040. The van der Waals surface area contributed by atoms with Crippen LogP contribution in [-0.2, 0) is 33.2 Å². The second-order valence-corrected chi connectivity index (χ2v) is 32.8. The Balaban J connectivity index is 1.33. The van der Waals surface area contributed by atoms with E-state index in [-0.39, 0.29) is 18.9 Å². The van der Waals surface area contributed by atoms with Crippen molar-refractivity contribution in [3.8, 4) is 0 Å². The summed E-state index contributed by atoms with van der Waals surface area (Å²) >= 11 is 0. The van der Waals surface area contributed by atoms with Crippen molar-refractivity contribution in [1.82, 2.24) is 5.32 Å². The SMILES string of the molecule is CCCCCCCCCCCCCCCCCCCCCCCCC/C=C/CC/C=C/C(O)C(COC1OC(CO)C(OC2OC(CO)C(OC3OC(CO)C(O)C(O)C3O)C(O)C2O)C(O)C1O)NC(=O)CCCCCCCCCCCCCCCCCCCCCCCCCCCCCCCCCCCC. The molecule has 3 aliphatic rings. The molecule has 1 amide bonds. The van der Waals surface area contributed by atoms with E-state index < -0.39 is 124 Å². The molecule has 3 fully saturated rings. The smallest absolute Gasteiger partial charge is 0.220 e. The summed E-state index contributed by atoms with van der Waals surface area (Å²) in [7, 11) is 0. The zero-order valence-corrected chi connectivity index (χ0v) is 68.9. The molecule has 3 aliphatic heterocycles. The second-order valence-electron chi connectivity index (χ2n) is 32.8. The first-order valence-electron chi connectivity index (χ1n) is 45.6. The highest BCUT2D eigenvalue weighted by Crippen LogP contribution is 2.34. The Kier molecular flexibility index (Phi) is 64.7. The van der Waals surface area contributed by atoms with Crippen LogP contribution in [0.4, 0.5) is 0 Å². The summed E-state index contributed by atoms with van der Waals surface area (Å²) in [6.45, 7) is 1.80. The monoisotopic (exact) mass is 1540 g/mol. The lowest BCUT2D eigenvalue weighted by Crippen LogP contribution is -2.66. The minimum Gasteiger partial charge on any atom is -0.394 e. The van der Waals surface area contributed by atoms with Crippen molar-refractivity contribution in [1.29, 1.82) is 0 Å². The third-order valence-electron chi connectivity index (χ3n) is 23.0. The highest BCUT2D eigenvalue weighted by Gasteiger charge is 2.54. The van der Waals surface area contributed by atoms with Crippen LogP contribution in [0.1, 0.15) is 406 Å². The Morgan fingerprint density at radius 3 is 0.926 bits per heavy atom. The van der Waals surface area contributed by atoms with E-state index in [0.29, 0.717) is 12.8 Å². The molecule has 12 N–H and O–H groups in total. The predicted molar refractivity (Wildman–Crippen MR) is 434 cm³/mol. The van der Waals surface area contributed by atoms with Gasteiger partial charge in [-0.25, -0.2) is 0 Å². The number of hydrogen-bond acceptors (Lipinski definition) is 18. The van der Waals surface area contributed by atoms with Gasteiger partial charge < -0.3 is 89.9 Å². The molecule has 19 heteroatoms. The first kappa shape index (κ1) is 100. The van der Waals surface area contributed by atoms with Gasteiger partial charge in [0, 0.05) is 6.42 Å². The number of allylic oxidation sites excluding steroid dienone is 3. The summed E-state index contributed by atoms with van der Waals surface area (Å²) in [6.07, 6.45) is 60.6. The van der Waals surface area contributed by atoms with Crippen molar-refractivity contribution in [2.24, 2.45) is 0 Å². The van der Waals surface area contributed by atoms with Crippen LogP contribution in [0.15, 0.2) is 24.3 Å². The first-order chi connectivity index (χ1) is 52.8.